The number of benzene rings is 3. The molecule has 3 unspecified atom stereocenters. The van der Waals surface area contributed by atoms with Gasteiger partial charge in [-0.2, -0.15) is 0 Å². The van der Waals surface area contributed by atoms with Gasteiger partial charge in [0.2, 0.25) is 0 Å². The molecule has 2 aliphatic rings. The third-order valence-electron chi connectivity index (χ3n) is 6.94. The molecule has 1 heterocycles. The van der Waals surface area contributed by atoms with E-state index in [2.05, 4.69) is 12.6 Å². The standard InChI is InChI=1S/C30H32O5/c1-2-27(33-17-22-11-5-3-6-12-22)30-28(29(30)34-18-23-13-7-4-8-14-23)26(31)21-32-19-24-15-9-10-16-25(24)20-35-30/h2-16,26-29,31H,1,17-21H2/t26?,27?,28-,29+,30?/m1/s1. The van der Waals surface area contributed by atoms with Crippen molar-refractivity contribution in [2.24, 2.45) is 5.92 Å². The van der Waals surface area contributed by atoms with Gasteiger partial charge in [0, 0.05) is 0 Å². The molecular formula is C30H32O5. The monoisotopic (exact) mass is 472 g/mol. The van der Waals surface area contributed by atoms with E-state index in [1.165, 1.54) is 0 Å². The zero-order valence-corrected chi connectivity index (χ0v) is 19.8. The lowest BCUT2D eigenvalue weighted by molar-refractivity contribution is -0.121. The second kappa shape index (κ2) is 10.9. The molecule has 1 N–H and O–H groups in total. The van der Waals surface area contributed by atoms with Crippen molar-refractivity contribution in [3.05, 3.63) is 120 Å². The SMILES string of the molecule is C=CC(OCc1ccccc1)C12OCc3ccccc3COCC(O)[C@@H]1[C@@H]2OCc1ccccc1. The van der Waals surface area contributed by atoms with Crippen LogP contribution in [0.3, 0.4) is 0 Å². The molecule has 3 aromatic carbocycles. The number of hydrogen-bond donors (Lipinski definition) is 1. The van der Waals surface area contributed by atoms with Gasteiger partial charge in [-0.05, 0) is 22.3 Å². The summed E-state index contributed by atoms with van der Waals surface area (Å²) in [5.41, 5.74) is 3.35. The molecule has 5 nitrogen and oxygen atoms in total. The van der Waals surface area contributed by atoms with E-state index in [0.717, 1.165) is 22.3 Å². The highest BCUT2D eigenvalue weighted by atomic mass is 16.6. The average molecular weight is 473 g/mol. The van der Waals surface area contributed by atoms with Gasteiger partial charge >= 0.3 is 0 Å². The largest absolute Gasteiger partial charge is 0.390 e. The fourth-order valence-electron chi connectivity index (χ4n) is 5.06. The third-order valence-corrected chi connectivity index (χ3v) is 6.94. The van der Waals surface area contributed by atoms with E-state index in [4.69, 9.17) is 18.9 Å². The van der Waals surface area contributed by atoms with Crippen molar-refractivity contribution in [2.45, 2.75) is 50.3 Å². The van der Waals surface area contributed by atoms with Crippen LogP contribution < -0.4 is 0 Å². The molecule has 0 saturated heterocycles. The molecule has 0 radical (unpaired) electrons. The van der Waals surface area contributed by atoms with Crippen molar-refractivity contribution >= 4 is 0 Å². The van der Waals surface area contributed by atoms with E-state index in [-0.39, 0.29) is 18.6 Å². The zero-order chi connectivity index (χ0) is 24.1. The molecule has 3 aromatic rings. The molecule has 35 heavy (non-hydrogen) atoms. The van der Waals surface area contributed by atoms with Crippen LogP contribution in [-0.2, 0) is 45.4 Å². The van der Waals surface area contributed by atoms with Crippen LogP contribution >= 0.6 is 0 Å². The molecule has 1 aliphatic carbocycles. The van der Waals surface area contributed by atoms with E-state index in [0.29, 0.717) is 26.4 Å². The van der Waals surface area contributed by atoms with Crippen molar-refractivity contribution in [2.75, 3.05) is 6.61 Å². The summed E-state index contributed by atoms with van der Waals surface area (Å²) in [6.07, 6.45) is 0.163. The number of ether oxygens (including phenoxy) is 4. The highest BCUT2D eigenvalue weighted by Gasteiger charge is 2.73. The van der Waals surface area contributed by atoms with Gasteiger partial charge < -0.3 is 24.1 Å². The van der Waals surface area contributed by atoms with Crippen LogP contribution in [0.5, 0.6) is 0 Å². The minimum absolute atomic E-state index is 0.192. The lowest BCUT2D eigenvalue weighted by atomic mass is 10.0. The van der Waals surface area contributed by atoms with Crippen LogP contribution in [0.4, 0.5) is 0 Å². The molecule has 1 aliphatic heterocycles. The molecule has 1 saturated carbocycles. The molecule has 0 aromatic heterocycles. The van der Waals surface area contributed by atoms with Gasteiger partial charge in [-0.3, -0.25) is 0 Å². The molecule has 0 spiro atoms. The van der Waals surface area contributed by atoms with Gasteiger partial charge in [-0.1, -0.05) is 91.0 Å². The maximum atomic E-state index is 11.2. The Balaban J connectivity index is 1.43. The molecule has 1 fully saturated rings. The molecule has 0 bridgehead atoms. The highest BCUT2D eigenvalue weighted by molar-refractivity contribution is 5.30. The first kappa shape index (κ1) is 23.9. The van der Waals surface area contributed by atoms with E-state index in [1.807, 2.05) is 78.9 Å². The van der Waals surface area contributed by atoms with Crippen LogP contribution in [-0.4, -0.2) is 35.6 Å². The summed E-state index contributed by atoms with van der Waals surface area (Å²) in [4.78, 5) is 0. The van der Waals surface area contributed by atoms with Crippen molar-refractivity contribution < 1.29 is 24.1 Å². The Labute approximate surface area is 206 Å². The van der Waals surface area contributed by atoms with Crippen molar-refractivity contribution in [1.82, 2.24) is 0 Å². The maximum absolute atomic E-state index is 11.2. The molecule has 5 heteroatoms. The molecule has 0 amide bonds. The fourth-order valence-corrected chi connectivity index (χ4v) is 5.06. The minimum atomic E-state index is -0.876. The summed E-state index contributed by atoms with van der Waals surface area (Å²) < 4.78 is 25.4. The van der Waals surface area contributed by atoms with E-state index in [1.54, 1.807) is 6.08 Å². The van der Waals surface area contributed by atoms with Crippen LogP contribution in [0.2, 0.25) is 0 Å². The van der Waals surface area contributed by atoms with Gasteiger partial charge in [0.15, 0.2) is 0 Å². The predicted octanol–water partition coefficient (Wildman–Crippen LogP) is 4.82. The Kier molecular flexibility index (Phi) is 7.42. The van der Waals surface area contributed by atoms with Gasteiger partial charge in [0.1, 0.15) is 11.7 Å². The van der Waals surface area contributed by atoms with Gasteiger partial charge in [0.05, 0.1) is 51.2 Å². The molecule has 5 rings (SSSR count). The first-order valence-electron chi connectivity index (χ1n) is 12.1. The van der Waals surface area contributed by atoms with Crippen molar-refractivity contribution in [1.29, 1.82) is 0 Å². The number of aliphatic hydroxyl groups is 1. The Morgan fingerprint density at radius 1 is 0.886 bits per heavy atom. The highest BCUT2D eigenvalue weighted by Crippen LogP contribution is 2.56. The smallest absolute Gasteiger partial charge is 0.133 e. The number of hydrogen-bond acceptors (Lipinski definition) is 5. The lowest BCUT2D eigenvalue weighted by Crippen LogP contribution is -2.39. The maximum Gasteiger partial charge on any atom is 0.133 e. The first-order chi connectivity index (χ1) is 17.2. The van der Waals surface area contributed by atoms with Gasteiger partial charge in [-0.15, -0.1) is 6.58 Å². The molecular weight excluding hydrogens is 440 g/mol. The van der Waals surface area contributed by atoms with Crippen molar-refractivity contribution in [3.63, 3.8) is 0 Å². The summed E-state index contributed by atoms with van der Waals surface area (Å²) in [7, 11) is 0. The lowest BCUT2D eigenvalue weighted by Gasteiger charge is -2.29. The summed E-state index contributed by atoms with van der Waals surface area (Å²) in [6.45, 7) is 5.88. The Morgan fingerprint density at radius 2 is 1.49 bits per heavy atom. The Hall–Kier alpha value is -2.80. The van der Waals surface area contributed by atoms with Crippen LogP contribution in [0.1, 0.15) is 22.3 Å². The second-order valence-electron chi connectivity index (χ2n) is 9.19. The number of fused-ring (bicyclic) bond motifs is 2. The van der Waals surface area contributed by atoms with Crippen LogP contribution in [0.25, 0.3) is 0 Å². The second-order valence-corrected chi connectivity index (χ2v) is 9.19. The topological polar surface area (TPSA) is 57.2 Å². The summed E-state index contributed by atoms with van der Waals surface area (Å²) in [6, 6.07) is 28.1. The van der Waals surface area contributed by atoms with E-state index < -0.39 is 17.8 Å². The summed E-state index contributed by atoms with van der Waals surface area (Å²) >= 11 is 0. The van der Waals surface area contributed by atoms with Gasteiger partial charge in [0.25, 0.3) is 0 Å². The predicted molar refractivity (Wildman–Crippen MR) is 133 cm³/mol. The summed E-state index contributed by atoms with van der Waals surface area (Å²) in [5, 5.41) is 11.2. The van der Waals surface area contributed by atoms with Gasteiger partial charge in [-0.25, -0.2) is 0 Å². The fraction of sp³-hybridized carbons (Fsp3) is 0.333. The Morgan fingerprint density at radius 3 is 2.14 bits per heavy atom. The third kappa shape index (κ3) is 5.10. The van der Waals surface area contributed by atoms with Crippen LogP contribution in [0, 0.1) is 5.92 Å². The average Bonchev–Trinajstić information content (AvgIpc) is 3.56. The molecule has 182 valence electrons. The molecule has 5 atom stereocenters. The minimum Gasteiger partial charge on any atom is -0.390 e. The summed E-state index contributed by atoms with van der Waals surface area (Å²) in [5.74, 6) is -0.310. The van der Waals surface area contributed by atoms with Crippen LogP contribution in [0.15, 0.2) is 97.6 Å². The normalized spacial score (nSPS) is 26.7. The zero-order valence-electron chi connectivity index (χ0n) is 19.8. The quantitative estimate of drug-likeness (QED) is 0.477. The first-order valence-corrected chi connectivity index (χ1v) is 12.1. The number of aliphatic hydroxyl groups excluding tert-OH is 1. The Bertz CT molecular complexity index is 1100. The van der Waals surface area contributed by atoms with Crippen molar-refractivity contribution in [3.8, 4) is 0 Å². The van der Waals surface area contributed by atoms with E-state index in [9.17, 15) is 5.11 Å². The number of rotatable bonds is 8. The van der Waals surface area contributed by atoms with E-state index >= 15 is 0 Å².